The summed E-state index contributed by atoms with van der Waals surface area (Å²) < 4.78 is 5.68. The van der Waals surface area contributed by atoms with Gasteiger partial charge in [0.2, 0.25) is 5.95 Å². The van der Waals surface area contributed by atoms with Crippen LogP contribution in [0, 0.1) is 0 Å². The topological polar surface area (TPSA) is 67.0 Å². The minimum Gasteiger partial charge on any atom is -0.493 e. The van der Waals surface area contributed by atoms with E-state index in [0.29, 0.717) is 12.6 Å². The molecule has 2 N–H and O–H groups in total. The summed E-state index contributed by atoms with van der Waals surface area (Å²) in [6.45, 7) is 2.70. The first-order valence-corrected chi connectivity index (χ1v) is 7.92. The van der Waals surface area contributed by atoms with Gasteiger partial charge in [0.15, 0.2) is 0 Å². The highest BCUT2D eigenvalue weighted by Gasteiger charge is 2.05. The van der Waals surface area contributed by atoms with E-state index in [9.17, 15) is 4.79 Å². The molecule has 0 spiro atoms. The highest BCUT2D eigenvalue weighted by molar-refractivity contribution is 6.01. The first-order chi connectivity index (χ1) is 11.8. The van der Waals surface area contributed by atoms with Crippen LogP contribution in [0.25, 0.3) is 17.1 Å². The molecule has 0 unspecified atom stereocenters. The number of carbonyl (C=O) groups is 1. The summed E-state index contributed by atoms with van der Waals surface area (Å²) in [5.41, 5.74) is 2.57. The van der Waals surface area contributed by atoms with E-state index in [0.717, 1.165) is 28.8 Å². The molecule has 0 aliphatic rings. The molecule has 1 aromatic heterocycles. The first-order valence-electron chi connectivity index (χ1n) is 7.92. The SMILES string of the molecule is CCCOc1ccccc1/C=C/C(=O)Nc1nc2ccccc2[nH]1. The summed E-state index contributed by atoms with van der Waals surface area (Å²) >= 11 is 0. The Kier molecular flexibility index (Phi) is 4.91. The lowest BCUT2D eigenvalue weighted by molar-refractivity contribution is -0.111. The Morgan fingerprint density at radius 1 is 1.21 bits per heavy atom. The Morgan fingerprint density at radius 2 is 2.00 bits per heavy atom. The minimum atomic E-state index is -0.251. The average Bonchev–Trinajstić information content (AvgIpc) is 3.01. The number of fused-ring (bicyclic) bond motifs is 1. The fourth-order valence-electron chi connectivity index (χ4n) is 2.30. The zero-order valence-electron chi connectivity index (χ0n) is 13.5. The van der Waals surface area contributed by atoms with Crippen LogP contribution in [0.1, 0.15) is 18.9 Å². The molecule has 0 bridgehead atoms. The van der Waals surface area contributed by atoms with E-state index in [1.54, 1.807) is 6.08 Å². The molecule has 5 heteroatoms. The van der Waals surface area contributed by atoms with Crippen molar-refractivity contribution < 1.29 is 9.53 Å². The van der Waals surface area contributed by atoms with Gasteiger partial charge in [0.05, 0.1) is 17.6 Å². The van der Waals surface area contributed by atoms with E-state index in [4.69, 9.17) is 4.74 Å². The maximum absolute atomic E-state index is 12.1. The Bertz CT molecular complexity index is 835. The van der Waals surface area contributed by atoms with E-state index in [-0.39, 0.29) is 5.91 Å². The number of aromatic nitrogens is 2. The molecule has 3 aromatic rings. The van der Waals surface area contributed by atoms with Crippen LogP contribution in [-0.4, -0.2) is 22.5 Å². The van der Waals surface area contributed by atoms with Crippen molar-refractivity contribution in [1.82, 2.24) is 9.97 Å². The predicted molar refractivity (Wildman–Crippen MR) is 96.0 cm³/mol. The van der Waals surface area contributed by atoms with E-state index in [1.807, 2.05) is 48.5 Å². The summed E-state index contributed by atoms with van der Waals surface area (Å²) in [7, 11) is 0. The van der Waals surface area contributed by atoms with Crippen LogP contribution in [0.5, 0.6) is 5.75 Å². The number of amides is 1. The molecule has 1 heterocycles. The van der Waals surface area contributed by atoms with Crippen molar-refractivity contribution in [3.63, 3.8) is 0 Å². The Labute approximate surface area is 140 Å². The molecule has 0 aliphatic heterocycles. The van der Waals surface area contributed by atoms with Crippen molar-refractivity contribution >= 4 is 29.0 Å². The Morgan fingerprint density at radius 3 is 2.83 bits per heavy atom. The number of nitrogens with one attached hydrogen (secondary N) is 2. The van der Waals surface area contributed by atoms with Crippen LogP contribution >= 0.6 is 0 Å². The number of aromatic amines is 1. The number of hydrogen-bond acceptors (Lipinski definition) is 3. The van der Waals surface area contributed by atoms with Gasteiger partial charge in [-0.25, -0.2) is 4.98 Å². The monoisotopic (exact) mass is 321 g/mol. The number of carbonyl (C=O) groups excluding carboxylic acids is 1. The van der Waals surface area contributed by atoms with Crippen LogP contribution in [0.3, 0.4) is 0 Å². The van der Waals surface area contributed by atoms with Gasteiger partial charge in [0.1, 0.15) is 5.75 Å². The van der Waals surface area contributed by atoms with Crippen LogP contribution in [-0.2, 0) is 4.79 Å². The zero-order chi connectivity index (χ0) is 16.8. The molecule has 2 aromatic carbocycles. The number of rotatable bonds is 6. The number of anilines is 1. The third kappa shape index (κ3) is 3.81. The first kappa shape index (κ1) is 15.8. The number of H-pyrrole nitrogens is 1. The molecule has 24 heavy (non-hydrogen) atoms. The number of imidazole rings is 1. The lowest BCUT2D eigenvalue weighted by Gasteiger charge is -2.07. The summed E-state index contributed by atoms with van der Waals surface area (Å²) in [6, 6.07) is 15.3. The standard InChI is InChI=1S/C19H19N3O2/c1-2-13-24-17-10-6-3-7-14(17)11-12-18(23)22-19-20-15-8-4-5-9-16(15)21-19/h3-12H,2,13H2,1H3,(H2,20,21,22,23)/b12-11+. The summed E-state index contributed by atoms with van der Waals surface area (Å²) in [6.07, 6.45) is 4.15. The average molecular weight is 321 g/mol. The van der Waals surface area contributed by atoms with Gasteiger partial charge in [0.25, 0.3) is 5.91 Å². The molecular formula is C19H19N3O2. The molecule has 1 amide bonds. The van der Waals surface area contributed by atoms with Crippen LogP contribution in [0.15, 0.2) is 54.6 Å². The van der Waals surface area contributed by atoms with Crippen molar-refractivity contribution in [3.05, 3.63) is 60.2 Å². The normalized spacial score (nSPS) is 11.0. The molecule has 5 nitrogen and oxygen atoms in total. The third-order valence-electron chi connectivity index (χ3n) is 3.43. The summed E-state index contributed by atoms with van der Waals surface area (Å²) in [4.78, 5) is 19.5. The van der Waals surface area contributed by atoms with Gasteiger partial charge in [0, 0.05) is 11.6 Å². The number of ether oxygens (including phenoxy) is 1. The van der Waals surface area contributed by atoms with Gasteiger partial charge in [-0.05, 0) is 30.7 Å². The quantitative estimate of drug-likeness (QED) is 0.674. The summed E-state index contributed by atoms with van der Waals surface area (Å²) in [5.74, 6) is 0.952. The number of benzene rings is 2. The molecule has 122 valence electrons. The van der Waals surface area contributed by atoms with E-state index >= 15 is 0 Å². The number of nitrogens with zero attached hydrogens (tertiary/aromatic N) is 1. The Hall–Kier alpha value is -3.08. The lowest BCUT2D eigenvalue weighted by atomic mass is 10.2. The maximum atomic E-state index is 12.1. The molecule has 0 radical (unpaired) electrons. The fourth-order valence-corrected chi connectivity index (χ4v) is 2.30. The van der Waals surface area contributed by atoms with Gasteiger partial charge in [-0.2, -0.15) is 0 Å². The van der Waals surface area contributed by atoms with Gasteiger partial charge >= 0.3 is 0 Å². The van der Waals surface area contributed by atoms with Crippen molar-refractivity contribution in [1.29, 1.82) is 0 Å². The second-order valence-corrected chi connectivity index (χ2v) is 5.31. The largest absolute Gasteiger partial charge is 0.493 e. The maximum Gasteiger partial charge on any atom is 0.250 e. The fraction of sp³-hybridized carbons (Fsp3) is 0.158. The molecule has 0 saturated heterocycles. The van der Waals surface area contributed by atoms with Crippen LogP contribution in [0.2, 0.25) is 0 Å². The van der Waals surface area contributed by atoms with Crippen LogP contribution in [0.4, 0.5) is 5.95 Å². The smallest absolute Gasteiger partial charge is 0.250 e. The van der Waals surface area contributed by atoms with Gasteiger partial charge < -0.3 is 9.72 Å². The predicted octanol–water partition coefficient (Wildman–Crippen LogP) is 4.00. The van der Waals surface area contributed by atoms with Crippen LogP contribution < -0.4 is 10.1 Å². The number of para-hydroxylation sites is 3. The summed E-state index contributed by atoms with van der Waals surface area (Å²) in [5, 5.41) is 2.73. The second kappa shape index (κ2) is 7.46. The van der Waals surface area contributed by atoms with Gasteiger partial charge in [-0.15, -0.1) is 0 Å². The highest BCUT2D eigenvalue weighted by atomic mass is 16.5. The third-order valence-corrected chi connectivity index (χ3v) is 3.43. The lowest BCUT2D eigenvalue weighted by Crippen LogP contribution is -2.09. The highest BCUT2D eigenvalue weighted by Crippen LogP contribution is 2.20. The second-order valence-electron chi connectivity index (χ2n) is 5.31. The van der Waals surface area contributed by atoms with Crippen molar-refractivity contribution in [2.75, 3.05) is 11.9 Å². The van der Waals surface area contributed by atoms with Gasteiger partial charge in [-0.3, -0.25) is 10.1 Å². The minimum absolute atomic E-state index is 0.251. The van der Waals surface area contributed by atoms with Gasteiger partial charge in [-0.1, -0.05) is 37.3 Å². The van der Waals surface area contributed by atoms with Crippen molar-refractivity contribution in [2.24, 2.45) is 0 Å². The Balaban J connectivity index is 1.69. The van der Waals surface area contributed by atoms with Crippen molar-refractivity contribution in [3.8, 4) is 5.75 Å². The van der Waals surface area contributed by atoms with E-state index in [1.165, 1.54) is 6.08 Å². The number of hydrogen-bond donors (Lipinski definition) is 2. The molecule has 0 fully saturated rings. The van der Waals surface area contributed by atoms with E-state index < -0.39 is 0 Å². The molecular weight excluding hydrogens is 302 g/mol. The zero-order valence-corrected chi connectivity index (χ0v) is 13.5. The molecule has 0 atom stereocenters. The van der Waals surface area contributed by atoms with E-state index in [2.05, 4.69) is 22.2 Å². The molecule has 0 saturated carbocycles. The molecule has 0 aliphatic carbocycles. The molecule has 3 rings (SSSR count). The van der Waals surface area contributed by atoms with Crippen molar-refractivity contribution in [2.45, 2.75) is 13.3 Å².